The number of benzene rings is 2. The predicted octanol–water partition coefficient (Wildman–Crippen LogP) is 5.26. The van der Waals surface area contributed by atoms with E-state index in [0.717, 1.165) is 11.1 Å². The standard InChI is InChI=1S/C25H26Cl2FN3O3/c1-18(32)29-15-22-17-31(25(33)34-22)21-8-9-23(24(28)14-21)20-6-4-19(5-7-20)16-30(12-2-10-26)13-3-11-27/h2-11,14,22H,12-13,15-17H2,1H3,(H,29,32)/b10-2+,11-3+. The molecule has 1 atom stereocenters. The van der Waals surface area contributed by atoms with Crippen LogP contribution in [0.4, 0.5) is 14.9 Å². The third-order valence-electron chi connectivity index (χ3n) is 5.29. The van der Waals surface area contributed by atoms with Crippen molar-refractivity contribution in [2.24, 2.45) is 0 Å². The summed E-state index contributed by atoms with van der Waals surface area (Å²) >= 11 is 11.3. The molecule has 34 heavy (non-hydrogen) atoms. The zero-order valence-electron chi connectivity index (χ0n) is 18.7. The molecule has 0 radical (unpaired) electrons. The minimum Gasteiger partial charge on any atom is -0.442 e. The van der Waals surface area contributed by atoms with E-state index in [4.69, 9.17) is 27.9 Å². The first kappa shape index (κ1) is 25.7. The van der Waals surface area contributed by atoms with E-state index in [0.29, 0.717) is 30.9 Å². The highest BCUT2D eigenvalue weighted by atomic mass is 35.5. The van der Waals surface area contributed by atoms with Crippen LogP contribution in [0.1, 0.15) is 12.5 Å². The molecule has 1 saturated heterocycles. The van der Waals surface area contributed by atoms with Crippen LogP contribution in [0.25, 0.3) is 11.1 Å². The molecule has 1 aliphatic heterocycles. The predicted molar refractivity (Wildman–Crippen MR) is 133 cm³/mol. The smallest absolute Gasteiger partial charge is 0.414 e. The molecule has 2 amide bonds. The maximum absolute atomic E-state index is 15.0. The fraction of sp³-hybridized carbons (Fsp3) is 0.280. The SMILES string of the molecule is CC(=O)NCC1CN(c2ccc(-c3ccc(CN(C/C=C/Cl)C/C=C/Cl)cc3)c(F)c2)C(=O)O1. The van der Waals surface area contributed by atoms with Crippen LogP contribution in [0.2, 0.25) is 0 Å². The molecule has 0 spiro atoms. The number of hydrogen-bond acceptors (Lipinski definition) is 4. The second-order valence-corrected chi connectivity index (χ2v) is 8.34. The Balaban J connectivity index is 1.68. The normalized spacial score (nSPS) is 16.1. The monoisotopic (exact) mass is 505 g/mol. The second-order valence-electron chi connectivity index (χ2n) is 7.83. The van der Waals surface area contributed by atoms with Crippen molar-refractivity contribution in [1.82, 2.24) is 10.2 Å². The Morgan fingerprint density at radius 3 is 2.44 bits per heavy atom. The van der Waals surface area contributed by atoms with Gasteiger partial charge in [0, 0.05) is 43.2 Å². The van der Waals surface area contributed by atoms with Gasteiger partial charge < -0.3 is 10.1 Å². The van der Waals surface area contributed by atoms with Crippen LogP contribution in [-0.2, 0) is 16.1 Å². The van der Waals surface area contributed by atoms with Gasteiger partial charge in [-0.15, -0.1) is 0 Å². The summed E-state index contributed by atoms with van der Waals surface area (Å²) in [6.07, 6.45) is 2.66. The van der Waals surface area contributed by atoms with Gasteiger partial charge in [-0.25, -0.2) is 9.18 Å². The van der Waals surface area contributed by atoms with Crippen molar-refractivity contribution in [3.05, 3.63) is 77.1 Å². The van der Waals surface area contributed by atoms with Crippen molar-refractivity contribution in [3.8, 4) is 11.1 Å². The summed E-state index contributed by atoms with van der Waals surface area (Å²) in [5, 5.41) is 2.62. The van der Waals surface area contributed by atoms with Crippen LogP contribution >= 0.6 is 23.2 Å². The second kappa shape index (κ2) is 12.6. The van der Waals surface area contributed by atoms with Gasteiger partial charge in [-0.2, -0.15) is 0 Å². The third-order valence-corrected chi connectivity index (χ3v) is 5.65. The van der Waals surface area contributed by atoms with Crippen LogP contribution in [-0.4, -0.2) is 49.2 Å². The lowest BCUT2D eigenvalue weighted by Crippen LogP contribution is -2.33. The number of hydrogen-bond donors (Lipinski definition) is 1. The Labute approximate surface area is 208 Å². The molecule has 2 aromatic carbocycles. The molecule has 1 aliphatic rings. The molecule has 0 saturated carbocycles. The molecule has 2 aromatic rings. The Kier molecular flexibility index (Phi) is 9.51. The molecule has 1 N–H and O–H groups in total. The van der Waals surface area contributed by atoms with Crippen molar-refractivity contribution in [1.29, 1.82) is 0 Å². The van der Waals surface area contributed by atoms with Gasteiger partial charge in [0.1, 0.15) is 11.9 Å². The maximum atomic E-state index is 15.0. The third kappa shape index (κ3) is 7.06. The van der Waals surface area contributed by atoms with E-state index in [1.165, 1.54) is 29.0 Å². The maximum Gasteiger partial charge on any atom is 0.414 e. The van der Waals surface area contributed by atoms with Crippen LogP contribution < -0.4 is 10.2 Å². The number of nitrogens with zero attached hydrogens (tertiary/aromatic N) is 2. The summed E-state index contributed by atoms with van der Waals surface area (Å²) in [7, 11) is 0. The number of carbonyl (C=O) groups is 2. The number of halogens is 3. The molecule has 1 unspecified atom stereocenters. The van der Waals surface area contributed by atoms with Gasteiger partial charge in [-0.05, 0) is 29.3 Å². The van der Waals surface area contributed by atoms with Gasteiger partial charge in [-0.1, -0.05) is 59.6 Å². The lowest BCUT2D eigenvalue weighted by Gasteiger charge is -2.19. The van der Waals surface area contributed by atoms with E-state index in [1.54, 1.807) is 12.1 Å². The molecular weight excluding hydrogens is 480 g/mol. The molecular formula is C25H26Cl2FN3O3. The summed E-state index contributed by atoms with van der Waals surface area (Å²) in [5.41, 5.74) is 5.61. The summed E-state index contributed by atoms with van der Waals surface area (Å²) in [4.78, 5) is 26.8. The number of anilines is 1. The van der Waals surface area contributed by atoms with E-state index in [2.05, 4.69) is 10.2 Å². The van der Waals surface area contributed by atoms with Gasteiger partial charge in [0.05, 0.1) is 18.8 Å². The summed E-state index contributed by atoms with van der Waals surface area (Å²) in [6.45, 7) is 3.87. The molecule has 9 heteroatoms. The minimum absolute atomic E-state index is 0.206. The highest BCUT2D eigenvalue weighted by Crippen LogP contribution is 2.29. The van der Waals surface area contributed by atoms with Crippen molar-refractivity contribution in [2.75, 3.05) is 31.1 Å². The largest absolute Gasteiger partial charge is 0.442 e. The number of cyclic esters (lactones) is 1. The van der Waals surface area contributed by atoms with E-state index >= 15 is 0 Å². The first-order chi connectivity index (χ1) is 16.4. The van der Waals surface area contributed by atoms with Crippen LogP contribution in [0.3, 0.4) is 0 Å². The van der Waals surface area contributed by atoms with Crippen molar-refractivity contribution >= 4 is 40.9 Å². The van der Waals surface area contributed by atoms with Crippen molar-refractivity contribution in [2.45, 2.75) is 19.6 Å². The van der Waals surface area contributed by atoms with Gasteiger partial charge in [0.2, 0.25) is 5.91 Å². The van der Waals surface area contributed by atoms with Crippen LogP contribution in [0.15, 0.2) is 65.7 Å². The quantitative estimate of drug-likeness (QED) is 0.478. The Hall–Kier alpha value is -2.87. The van der Waals surface area contributed by atoms with Crippen molar-refractivity contribution in [3.63, 3.8) is 0 Å². The molecule has 0 aromatic heterocycles. The van der Waals surface area contributed by atoms with Crippen molar-refractivity contribution < 1.29 is 18.7 Å². The minimum atomic E-state index is -0.565. The van der Waals surface area contributed by atoms with E-state index in [-0.39, 0.29) is 19.0 Å². The number of carbonyl (C=O) groups excluding carboxylic acids is 2. The first-order valence-corrected chi connectivity index (χ1v) is 11.6. The number of ether oxygens (including phenoxy) is 1. The molecule has 180 valence electrons. The molecule has 1 fully saturated rings. The lowest BCUT2D eigenvalue weighted by molar-refractivity contribution is -0.119. The van der Waals surface area contributed by atoms with E-state index in [9.17, 15) is 14.0 Å². The van der Waals surface area contributed by atoms with Gasteiger partial charge >= 0.3 is 6.09 Å². The highest BCUT2D eigenvalue weighted by Gasteiger charge is 2.32. The lowest BCUT2D eigenvalue weighted by atomic mass is 10.0. The number of amides is 2. The fourth-order valence-electron chi connectivity index (χ4n) is 3.63. The summed E-state index contributed by atoms with van der Waals surface area (Å²) in [5.74, 6) is -0.646. The van der Waals surface area contributed by atoms with Gasteiger partial charge in [-0.3, -0.25) is 14.6 Å². The topological polar surface area (TPSA) is 61.9 Å². The first-order valence-electron chi connectivity index (χ1n) is 10.8. The molecule has 1 heterocycles. The summed E-state index contributed by atoms with van der Waals surface area (Å²) in [6, 6.07) is 12.3. The Morgan fingerprint density at radius 2 is 1.85 bits per heavy atom. The van der Waals surface area contributed by atoms with Gasteiger partial charge in [0.15, 0.2) is 0 Å². The average Bonchev–Trinajstić information content (AvgIpc) is 3.20. The molecule has 3 rings (SSSR count). The Bertz CT molecular complexity index is 1050. The summed E-state index contributed by atoms with van der Waals surface area (Å²) < 4.78 is 20.2. The van der Waals surface area contributed by atoms with Gasteiger partial charge in [0.25, 0.3) is 0 Å². The number of nitrogens with one attached hydrogen (secondary N) is 1. The highest BCUT2D eigenvalue weighted by molar-refractivity contribution is 6.25. The van der Waals surface area contributed by atoms with Crippen LogP contribution in [0, 0.1) is 5.82 Å². The Morgan fingerprint density at radius 1 is 1.18 bits per heavy atom. The van der Waals surface area contributed by atoms with Crippen LogP contribution in [0.5, 0.6) is 0 Å². The van der Waals surface area contributed by atoms with E-state index in [1.807, 2.05) is 36.4 Å². The molecule has 0 aliphatic carbocycles. The fourth-order valence-corrected chi connectivity index (χ4v) is 3.79. The molecule has 0 bridgehead atoms. The zero-order valence-corrected chi connectivity index (χ0v) is 20.2. The molecule has 6 nitrogen and oxygen atoms in total. The van der Waals surface area contributed by atoms with E-state index < -0.39 is 18.0 Å². The zero-order chi connectivity index (χ0) is 24.5. The number of rotatable bonds is 10. The average molecular weight is 506 g/mol.